The second-order valence-corrected chi connectivity index (χ2v) is 6.89. The number of pyridine rings is 2. The Morgan fingerprint density at radius 3 is 2.68 bits per heavy atom. The molecular weight excluding hydrogens is 342 g/mol. The Balaban J connectivity index is 2.47. The maximum absolute atomic E-state index is 12.1. The molecule has 0 bridgehead atoms. The second kappa shape index (κ2) is 8.15. The van der Waals surface area contributed by atoms with Crippen LogP contribution in [0.1, 0.15) is 12.5 Å². The smallest absolute Gasteiger partial charge is 0.241 e. The zero-order valence-electron chi connectivity index (χ0n) is 14.8. The van der Waals surface area contributed by atoms with Gasteiger partial charge in [0.15, 0.2) is 11.5 Å². The highest BCUT2D eigenvalue weighted by Crippen LogP contribution is 2.34. The van der Waals surface area contributed by atoms with Crippen LogP contribution in [0.3, 0.4) is 0 Å². The molecule has 0 aromatic carbocycles. The van der Waals surface area contributed by atoms with E-state index in [0.717, 1.165) is 16.7 Å². The summed E-state index contributed by atoms with van der Waals surface area (Å²) in [4.78, 5) is 19.6. The molecule has 0 aliphatic carbocycles. The summed E-state index contributed by atoms with van der Waals surface area (Å²) in [7, 11) is 4.90. The van der Waals surface area contributed by atoms with Crippen molar-refractivity contribution in [2.75, 3.05) is 31.2 Å². The number of rotatable bonds is 6. The molecule has 0 saturated carbocycles. The average molecular weight is 363 g/mol. The van der Waals surface area contributed by atoms with Crippen molar-refractivity contribution in [3.05, 3.63) is 30.1 Å². The van der Waals surface area contributed by atoms with Crippen molar-refractivity contribution in [1.82, 2.24) is 14.3 Å². The molecule has 1 atom stereocenters. The van der Waals surface area contributed by atoms with E-state index in [4.69, 9.17) is 4.74 Å². The second-order valence-electron chi connectivity index (χ2n) is 5.46. The van der Waals surface area contributed by atoms with Crippen LogP contribution in [0.5, 0.6) is 5.88 Å². The molecule has 2 rings (SSSR count). The highest BCUT2D eigenvalue weighted by Gasteiger charge is 2.20. The lowest BCUT2D eigenvalue weighted by molar-refractivity contribution is -0.114. The molecule has 0 aliphatic rings. The minimum Gasteiger partial charge on any atom is -0.573 e. The maximum atomic E-state index is 12.1. The van der Waals surface area contributed by atoms with Gasteiger partial charge in [-0.2, -0.15) is 4.72 Å². The topological polar surface area (TPSA) is 102 Å². The molecule has 0 radical (unpaired) electrons. The van der Waals surface area contributed by atoms with Gasteiger partial charge in [0.25, 0.3) is 0 Å². The highest BCUT2D eigenvalue weighted by atomic mass is 32.2. The third kappa shape index (κ3) is 4.59. The van der Waals surface area contributed by atoms with Crippen LogP contribution < -0.4 is 14.8 Å². The molecule has 2 heterocycles. The van der Waals surface area contributed by atoms with Crippen molar-refractivity contribution in [2.45, 2.75) is 13.8 Å². The van der Waals surface area contributed by atoms with Gasteiger partial charge in [-0.3, -0.25) is 4.79 Å². The van der Waals surface area contributed by atoms with Crippen LogP contribution in [-0.4, -0.2) is 45.9 Å². The molecule has 1 unspecified atom stereocenters. The van der Waals surface area contributed by atoms with Gasteiger partial charge in [-0.25, -0.2) is 9.97 Å². The molecule has 8 nitrogen and oxygen atoms in total. The molecule has 2 N–H and O–H groups in total. The van der Waals surface area contributed by atoms with E-state index in [0.29, 0.717) is 17.4 Å². The first kappa shape index (κ1) is 19.0. The summed E-state index contributed by atoms with van der Waals surface area (Å²) in [5.41, 5.74) is 3.00. The average Bonchev–Trinajstić information content (AvgIpc) is 2.56. The Bertz CT molecular complexity index is 769. The van der Waals surface area contributed by atoms with Crippen LogP contribution >= 0.6 is 0 Å². The van der Waals surface area contributed by atoms with Crippen molar-refractivity contribution < 1.29 is 14.1 Å². The highest BCUT2D eigenvalue weighted by molar-refractivity contribution is 7.90. The minimum atomic E-state index is -1.43. The van der Waals surface area contributed by atoms with Crippen molar-refractivity contribution in [1.29, 1.82) is 0 Å². The lowest BCUT2D eigenvalue weighted by Gasteiger charge is -2.20. The van der Waals surface area contributed by atoms with Crippen LogP contribution in [0.4, 0.5) is 11.5 Å². The van der Waals surface area contributed by atoms with E-state index in [1.165, 1.54) is 18.3 Å². The number of ether oxygens (including phenoxy) is 1. The quantitative estimate of drug-likeness (QED) is 0.756. The molecule has 0 fully saturated rings. The van der Waals surface area contributed by atoms with Gasteiger partial charge in [0.2, 0.25) is 11.8 Å². The van der Waals surface area contributed by atoms with E-state index in [1.54, 1.807) is 32.6 Å². The summed E-state index contributed by atoms with van der Waals surface area (Å²) in [6.45, 7) is 3.31. The molecule has 2 aromatic heterocycles. The monoisotopic (exact) mass is 363 g/mol. The number of amides is 1. The van der Waals surface area contributed by atoms with Gasteiger partial charge in [-0.15, -0.1) is 4.31 Å². The third-order valence-corrected chi connectivity index (χ3v) is 4.44. The normalized spacial score (nSPS) is 12.0. The van der Waals surface area contributed by atoms with E-state index in [1.807, 2.05) is 13.0 Å². The Hall–Kier alpha value is -2.36. The van der Waals surface area contributed by atoms with Gasteiger partial charge in [-0.05, 0) is 30.2 Å². The SMILES string of the molecule is COc1ncc(-c2ccnc(NC(C)=O)c2)c(C)c1N[S+]([O-])N(C)C. The number of anilines is 2. The summed E-state index contributed by atoms with van der Waals surface area (Å²) < 4.78 is 21.9. The molecule has 0 saturated heterocycles. The van der Waals surface area contributed by atoms with E-state index >= 15 is 0 Å². The van der Waals surface area contributed by atoms with Crippen molar-refractivity contribution in [3.8, 4) is 17.0 Å². The molecular formula is C16H21N5O3S. The number of hydrogen-bond acceptors (Lipinski definition) is 7. The van der Waals surface area contributed by atoms with Crippen molar-refractivity contribution >= 4 is 29.0 Å². The molecule has 25 heavy (non-hydrogen) atoms. The van der Waals surface area contributed by atoms with Crippen LogP contribution in [0, 0.1) is 6.92 Å². The molecule has 0 spiro atoms. The molecule has 2 aromatic rings. The molecule has 9 heteroatoms. The molecule has 0 aliphatic heterocycles. The maximum Gasteiger partial charge on any atom is 0.241 e. The predicted octanol–water partition coefficient (Wildman–Crippen LogP) is 1.97. The third-order valence-electron chi connectivity index (χ3n) is 3.39. The Morgan fingerprint density at radius 2 is 2.08 bits per heavy atom. The van der Waals surface area contributed by atoms with Crippen LogP contribution in [0.2, 0.25) is 0 Å². The number of aromatic nitrogens is 2. The minimum absolute atomic E-state index is 0.196. The zero-order chi connectivity index (χ0) is 18.6. The Morgan fingerprint density at radius 1 is 1.36 bits per heavy atom. The van der Waals surface area contributed by atoms with Gasteiger partial charge in [0, 0.05) is 39.0 Å². The van der Waals surface area contributed by atoms with Gasteiger partial charge in [0.05, 0.1) is 7.11 Å². The number of methoxy groups -OCH3 is 1. The standard InChI is InChI=1S/C16H21N5O3S/c1-10-13(12-6-7-17-14(8-12)19-11(2)22)9-18-16(24-5)15(10)20-25(23)21(3)4/h6-9,20H,1-5H3,(H,17,19,22). The summed E-state index contributed by atoms with van der Waals surface area (Å²) in [5.74, 6) is 0.608. The van der Waals surface area contributed by atoms with Crippen molar-refractivity contribution in [2.24, 2.45) is 0 Å². The first-order valence-corrected chi connectivity index (χ1v) is 8.57. The summed E-state index contributed by atoms with van der Waals surface area (Å²) in [5, 5.41) is 2.65. The van der Waals surface area contributed by atoms with Crippen molar-refractivity contribution in [3.63, 3.8) is 0 Å². The van der Waals surface area contributed by atoms with E-state index in [2.05, 4.69) is 20.0 Å². The zero-order valence-corrected chi connectivity index (χ0v) is 15.6. The first-order chi connectivity index (χ1) is 11.8. The van der Waals surface area contributed by atoms with Crippen LogP contribution in [0.25, 0.3) is 11.1 Å². The fourth-order valence-corrected chi connectivity index (χ4v) is 2.77. The van der Waals surface area contributed by atoms with Crippen LogP contribution in [-0.2, 0) is 16.3 Å². The summed E-state index contributed by atoms with van der Waals surface area (Å²) in [6.07, 6.45) is 3.28. The van der Waals surface area contributed by atoms with Crippen LogP contribution in [0.15, 0.2) is 24.5 Å². The summed E-state index contributed by atoms with van der Waals surface area (Å²) >= 11 is -1.43. The van der Waals surface area contributed by atoms with Gasteiger partial charge in [-0.1, -0.05) is 0 Å². The molecule has 1 amide bonds. The Labute approximate surface area is 150 Å². The Kier molecular flexibility index (Phi) is 6.18. The van der Waals surface area contributed by atoms with Gasteiger partial charge >= 0.3 is 0 Å². The number of carbonyl (C=O) groups excluding carboxylic acids is 1. The van der Waals surface area contributed by atoms with E-state index < -0.39 is 11.5 Å². The fourth-order valence-electron chi connectivity index (χ4n) is 2.17. The first-order valence-electron chi connectivity index (χ1n) is 7.47. The van der Waals surface area contributed by atoms with E-state index in [-0.39, 0.29) is 5.91 Å². The fraction of sp³-hybridized carbons (Fsp3) is 0.312. The molecule has 134 valence electrons. The summed E-state index contributed by atoms with van der Waals surface area (Å²) in [6, 6.07) is 3.57. The largest absolute Gasteiger partial charge is 0.573 e. The lowest BCUT2D eigenvalue weighted by Crippen LogP contribution is -2.29. The van der Waals surface area contributed by atoms with E-state index in [9.17, 15) is 9.35 Å². The predicted molar refractivity (Wildman–Crippen MR) is 98.5 cm³/mol. The lowest BCUT2D eigenvalue weighted by atomic mass is 10.0. The number of nitrogens with one attached hydrogen (secondary N) is 2. The van der Waals surface area contributed by atoms with Gasteiger partial charge in [0.1, 0.15) is 11.5 Å². The number of carbonyl (C=O) groups is 1. The van der Waals surface area contributed by atoms with Gasteiger partial charge < -0.3 is 14.6 Å². The number of hydrogen-bond donors (Lipinski definition) is 2. The number of nitrogens with zero attached hydrogens (tertiary/aromatic N) is 3.